The molecule has 0 amide bonds. The van der Waals surface area contributed by atoms with E-state index in [1.54, 1.807) is 12.1 Å². The zero-order valence-electron chi connectivity index (χ0n) is 10.7. The van der Waals surface area contributed by atoms with Crippen molar-refractivity contribution in [1.82, 2.24) is 4.72 Å². The second-order valence-corrected chi connectivity index (χ2v) is 6.54. The van der Waals surface area contributed by atoms with E-state index >= 15 is 0 Å². The Morgan fingerprint density at radius 3 is 2.58 bits per heavy atom. The first-order valence-electron chi connectivity index (χ1n) is 6.08. The molecule has 0 aromatic heterocycles. The van der Waals surface area contributed by atoms with Gasteiger partial charge in [0, 0.05) is 18.8 Å². The Morgan fingerprint density at radius 2 is 1.95 bits per heavy atom. The quantitative estimate of drug-likeness (QED) is 0.907. The van der Waals surface area contributed by atoms with E-state index in [9.17, 15) is 8.42 Å². The van der Waals surface area contributed by atoms with Crippen LogP contribution in [0.4, 0.5) is 0 Å². The van der Waals surface area contributed by atoms with Crippen molar-refractivity contribution in [3.8, 4) is 6.07 Å². The van der Waals surface area contributed by atoms with E-state index in [2.05, 4.69) is 4.72 Å². The SMILES string of the molecule is CC1(NS(=O)(=O)c2ccccc2C#N)CCOCC1. The summed E-state index contributed by atoms with van der Waals surface area (Å²) in [4.78, 5) is 0.0326. The van der Waals surface area contributed by atoms with Crippen molar-refractivity contribution in [2.45, 2.75) is 30.2 Å². The number of sulfonamides is 1. The topological polar surface area (TPSA) is 79.2 Å². The second kappa shape index (κ2) is 5.29. The Bertz CT molecular complexity index is 599. The predicted molar refractivity (Wildman–Crippen MR) is 69.9 cm³/mol. The van der Waals surface area contributed by atoms with E-state index in [0.717, 1.165) is 0 Å². The highest BCUT2D eigenvalue weighted by Gasteiger charge is 2.33. The molecule has 0 radical (unpaired) electrons. The number of nitriles is 1. The summed E-state index contributed by atoms with van der Waals surface area (Å²) in [5, 5.41) is 8.99. The van der Waals surface area contributed by atoms with Crippen LogP contribution in [0, 0.1) is 11.3 Å². The zero-order valence-corrected chi connectivity index (χ0v) is 11.5. The molecule has 1 aliphatic rings. The lowest BCUT2D eigenvalue weighted by Gasteiger charge is -2.34. The molecule has 0 aliphatic carbocycles. The van der Waals surface area contributed by atoms with Gasteiger partial charge in [0.15, 0.2) is 0 Å². The smallest absolute Gasteiger partial charge is 0.242 e. The Balaban J connectivity index is 2.30. The van der Waals surface area contributed by atoms with Gasteiger partial charge >= 0.3 is 0 Å². The molecule has 6 heteroatoms. The number of ether oxygens (including phenoxy) is 1. The average Bonchev–Trinajstić information content (AvgIpc) is 2.38. The van der Waals surface area contributed by atoms with Crippen LogP contribution in [0.15, 0.2) is 29.2 Å². The third kappa shape index (κ3) is 3.13. The van der Waals surface area contributed by atoms with Gasteiger partial charge in [-0.05, 0) is 31.9 Å². The first-order valence-corrected chi connectivity index (χ1v) is 7.56. The van der Waals surface area contributed by atoms with Crippen LogP contribution in [0.2, 0.25) is 0 Å². The van der Waals surface area contributed by atoms with Crippen molar-refractivity contribution < 1.29 is 13.2 Å². The molecule has 1 aromatic carbocycles. The largest absolute Gasteiger partial charge is 0.381 e. The lowest BCUT2D eigenvalue weighted by atomic mass is 9.94. The summed E-state index contributed by atoms with van der Waals surface area (Å²) in [6, 6.07) is 8.12. The van der Waals surface area contributed by atoms with Gasteiger partial charge in [-0.15, -0.1) is 0 Å². The minimum Gasteiger partial charge on any atom is -0.381 e. The zero-order chi connectivity index (χ0) is 13.9. The highest BCUT2D eigenvalue weighted by molar-refractivity contribution is 7.89. The standard InChI is InChI=1S/C13H16N2O3S/c1-13(6-8-18-9-7-13)15-19(16,17)12-5-3-2-4-11(12)10-14/h2-5,15H,6-9H2,1H3. The third-order valence-electron chi connectivity index (χ3n) is 3.27. The van der Waals surface area contributed by atoms with Crippen molar-refractivity contribution in [3.63, 3.8) is 0 Å². The third-order valence-corrected chi connectivity index (χ3v) is 4.97. The lowest BCUT2D eigenvalue weighted by Crippen LogP contribution is -2.49. The Kier molecular flexibility index (Phi) is 3.90. The van der Waals surface area contributed by atoms with Gasteiger partial charge in [0.1, 0.15) is 6.07 Å². The molecule has 1 aromatic rings. The molecule has 1 saturated heterocycles. The van der Waals surface area contributed by atoms with Crippen molar-refractivity contribution in [2.24, 2.45) is 0 Å². The predicted octanol–water partition coefficient (Wildman–Crippen LogP) is 1.41. The van der Waals surface area contributed by atoms with Crippen LogP contribution in [0.3, 0.4) is 0 Å². The Labute approximate surface area is 113 Å². The summed E-state index contributed by atoms with van der Waals surface area (Å²) in [5.41, 5.74) is -0.356. The van der Waals surface area contributed by atoms with Gasteiger partial charge in [0.05, 0.1) is 10.5 Å². The average molecular weight is 280 g/mol. The van der Waals surface area contributed by atoms with Gasteiger partial charge in [-0.1, -0.05) is 12.1 Å². The molecule has 0 saturated carbocycles. The molecule has 1 heterocycles. The van der Waals surface area contributed by atoms with Crippen LogP contribution >= 0.6 is 0 Å². The van der Waals surface area contributed by atoms with Gasteiger partial charge in [0.25, 0.3) is 0 Å². The van der Waals surface area contributed by atoms with Gasteiger partial charge in [0.2, 0.25) is 10.0 Å². The summed E-state index contributed by atoms with van der Waals surface area (Å²) < 4.78 is 32.7. The van der Waals surface area contributed by atoms with E-state index in [0.29, 0.717) is 26.1 Å². The maximum atomic E-state index is 12.4. The van der Waals surface area contributed by atoms with Crippen molar-refractivity contribution in [3.05, 3.63) is 29.8 Å². The van der Waals surface area contributed by atoms with Crippen molar-refractivity contribution in [1.29, 1.82) is 5.26 Å². The lowest BCUT2D eigenvalue weighted by molar-refractivity contribution is 0.0537. The number of nitrogens with one attached hydrogen (secondary N) is 1. The van der Waals surface area contributed by atoms with Gasteiger partial charge in [-0.25, -0.2) is 13.1 Å². The molecular formula is C13H16N2O3S. The molecule has 1 N–H and O–H groups in total. The van der Waals surface area contributed by atoms with Crippen LogP contribution in [0.5, 0.6) is 0 Å². The monoisotopic (exact) mass is 280 g/mol. The molecular weight excluding hydrogens is 264 g/mol. The van der Waals surface area contributed by atoms with E-state index in [4.69, 9.17) is 10.00 Å². The van der Waals surface area contributed by atoms with Crippen molar-refractivity contribution in [2.75, 3.05) is 13.2 Å². The molecule has 0 spiro atoms. The van der Waals surface area contributed by atoms with E-state index in [-0.39, 0.29) is 10.5 Å². The molecule has 0 unspecified atom stereocenters. The maximum absolute atomic E-state index is 12.4. The number of benzene rings is 1. The maximum Gasteiger partial charge on any atom is 0.242 e. The minimum atomic E-state index is -3.69. The number of rotatable bonds is 3. The number of hydrogen-bond acceptors (Lipinski definition) is 4. The van der Waals surface area contributed by atoms with E-state index in [1.807, 2.05) is 13.0 Å². The molecule has 1 fully saturated rings. The first kappa shape index (κ1) is 14.0. The van der Waals surface area contributed by atoms with Gasteiger partial charge < -0.3 is 4.74 Å². The fraction of sp³-hybridized carbons (Fsp3) is 0.462. The first-order chi connectivity index (χ1) is 8.97. The normalized spacial score (nSPS) is 18.7. The molecule has 0 atom stereocenters. The molecule has 1 aliphatic heterocycles. The van der Waals surface area contributed by atoms with Crippen LogP contribution in [0.1, 0.15) is 25.3 Å². The summed E-state index contributed by atoms with van der Waals surface area (Å²) in [6.45, 7) is 2.94. The summed E-state index contributed by atoms with van der Waals surface area (Å²) in [5.74, 6) is 0. The number of nitrogens with zero attached hydrogens (tertiary/aromatic N) is 1. The van der Waals surface area contributed by atoms with Crippen LogP contribution < -0.4 is 4.72 Å². The van der Waals surface area contributed by atoms with E-state index < -0.39 is 15.6 Å². The Morgan fingerprint density at radius 1 is 1.32 bits per heavy atom. The van der Waals surface area contributed by atoms with Crippen molar-refractivity contribution >= 4 is 10.0 Å². The van der Waals surface area contributed by atoms with Crippen LogP contribution in [-0.4, -0.2) is 27.2 Å². The van der Waals surface area contributed by atoms with Crippen LogP contribution in [0.25, 0.3) is 0 Å². The molecule has 19 heavy (non-hydrogen) atoms. The molecule has 5 nitrogen and oxygen atoms in total. The fourth-order valence-corrected chi connectivity index (χ4v) is 3.72. The fourth-order valence-electron chi connectivity index (χ4n) is 2.10. The van der Waals surface area contributed by atoms with Crippen LogP contribution in [-0.2, 0) is 14.8 Å². The summed E-state index contributed by atoms with van der Waals surface area (Å²) in [7, 11) is -3.69. The molecule has 2 rings (SSSR count). The molecule has 0 bridgehead atoms. The summed E-state index contributed by atoms with van der Waals surface area (Å²) in [6.07, 6.45) is 1.25. The second-order valence-electron chi connectivity index (χ2n) is 4.89. The van der Waals surface area contributed by atoms with Gasteiger partial charge in [-0.3, -0.25) is 0 Å². The highest BCUT2D eigenvalue weighted by atomic mass is 32.2. The highest BCUT2D eigenvalue weighted by Crippen LogP contribution is 2.24. The van der Waals surface area contributed by atoms with Gasteiger partial charge in [-0.2, -0.15) is 5.26 Å². The number of hydrogen-bond donors (Lipinski definition) is 1. The van der Waals surface area contributed by atoms with E-state index in [1.165, 1.54) is 12.1 Å². The molecule has 102 valence electrons. The summed E-state index contributed by atoms with van der Waals surface area (Å²) >= 11 is 0. The Hall–Kier alpha value is -1.42. The minimum absolute atomic E-state index is 0.0326.